The summed E-state index contributed by atoms with van der Waals surface area (Å²) in [5, 5.41) is 2.92. The number of rotatable bonds is 5. The van der Waals surface area contributed by atoms with Crippen molar-refractivity contribution < 1.29 is 4.79 Å². The van der Waals surface area contributed by atoms with Crippen LogP contribution in [-0.2, 0) is 11.2 Å². The summed E-state index contributed by atoms with van der Waals surface area (Å²) in [6, 6.07) is 7.95. The van der Waals surface area contributed by atoms with Crippen LogP contribution in [0.5, 0.6) is 0 Å². The van der Waals surface area contributed by atoms with Gasteiger partial charge in [0.05, 0.1) is 0 Å². The minimum absolute atomic E-state index is 0.0206. The fourth-order valence-electron chi connectivity index (χ4n) is 1.60. The Kier molecular flexibility index (Phi) is 4.70. The molecule has 1 rings (SSSR count). The van der Waals surface area contributed by atoms with Crippen LogP contribution in [0.15, 0.2) is 24.3 Å². The normalized spacial score (nSPS) is 11.3. The summed E-state index contributed by atoms with van der Waals surface area (Å²) in [4.78, 5) is 12.0. The number of benzene rings is 1. The quantitative estimate of drug-likeness (QED) is 0.822. The molecule has 0 heterocycles. The monoisotopic (exact) mass is 234 g/mol. The first-order chi connectivity index (χ1) is 7.99. The van der Waals surface area contributed by atoms with E-state index >= 15 is 0 Å². The zero-order valence-electron chi connectivity index (χ0n) is 10.9. The topological polar surface area (TPSA) is 55.1 Å². The smallest absolute Gasteiger partial charge is 0.230 e. The Balaban J connectivity index is 2.67. The van der Waals surface area contributed by atoms with Gasteiger partial charge in [-0.1, -0.05) is 32.9 Å². The lowest BCUT2D eigenvalue weighted by molar-refractivity contribution is -0.124. The first kappa shape index (κ1) is 13.7. The van der Waals surface area contributed by atoms with Gasteiger partial charge in [0, 0.05) is 11.1 Å². The zero-order valence-corrected chi connectivity index (χ0v) is 10.9. The maximum Gasteiger partial charge on any atom is 0.230 e. The Bertz CT molecular complexity index is 368. The Morgan fingerprint density at radius 3 is 2.35 bits per heavy atom. The van der Waals surface area contributed by atoms with Crippen LogP contribution in [0.2, 0.25) is 0 Å². The fourth-order valence-corrected chi connectivity index (χ4v) is 1.60. The van der Waals surface area contributed by atoms with Crippen LogP contribution in [0.4, 0.5) is 5.69 Å². The molecule has 0 aliphatic heterocycles. The number of carbonyl (C=O) groups is 1. The second kappa shape index (κ2) is 5.82. The van der Waals surface area contributed by atoms with Gasteiger partial charge in [0.15, 0.2) is 0 Å². The van der Waals surface area contributed by atoms with Crippen molar-refractivity contribution in [2.45, 2.75) is 33.6 Å². The van der Waals surface area contributed by atoms with E-state index < -0.39 is 5.41 Å². The molecule has 0 unspecified atom stereocenters. The molecule has 0 saturated heterocycles. The van der Waals surface area contributed by atoms with Crippen LogP contribution in [-0.4, -0.2) is 12.5 Å². The number of nitrogens with two attached hydrogens (primary N) is 1. The van der Waals surface area contributed by atoms with Crippen molar-refractivity contribution >= 4 is 11.6 Å². The number of hydrogen-bond acceptors (Lipinski definition) is 2. The van der Waals surface area contributed by atoms with Crippen molar-refractivity contribution in [2.24, 2.45) is 11.1 Å². The van der Waals surface area contributed by atoms with E-state index in [2.05, 4.69) is 12.2 Å². The first-order valence-electron chi connectivity index (χ1n) is 6.10. The van der Waals surface area contributed by atoms with Gasteiger partial charge in [0.25, 0.3) is 0 Å². The van der Waals surface area contributed by atoms with Gasteiger partial charge >= 0.3 is 0 Å². The van der Waals surface area contributed by atoms with Gasteiger partial charge < -0.3 is 11.1 Å². The van der Waals surface area contributed by atoms with E-state index in [0.717, 1.165) is 12.1 Å². The molecule has 0 saturated carbocycles. The molecule has 0 radical (unpaired) electrons. The summed E-state index contributed by atoms with van der Waals surface area (Å²) < 4.78 is 0. The Morgan fingerprint density at radius 2 is 1.88 bits per heavy atom. The molecular weight excluding hydrogens is 212 g/mol. The molecule has 1 aromatic rings. The second-order valence-electron chi connectivity index (χ2n) is 4.93. The van der Waals surface area contributed by atoms with Crippen LogP contribution in [0.25, 0.3) is 0 Å². The fraction of sp³-hybridized carbons (Fsp3) is 0.500. The van der Waals surface area contributed by atoms with Crippen molar-refractivity contribution in [1.82, 2.24) is 0 Å². The molecule has 0 atom stereocenters. The van der Waals surface area contributed by atoms with E-state index in [4.69, 9.17) is 5.73 Å². The van der Waals surface area contributed by atoms with Gasteiger partial charge in [-0.25, -0.2) is 0 Å². The Labute approximate surface area is 103 Å². The van der Waals surface area contributed by atoms with Crippen LogP contribution in [0.3, 0.4) is 0 Å². The Morgan fingerprint density at radius 1 is 1.29 bits per heavy atom. The predicted octanol–water partition coefficient (Wildman–Crippen LogP) is 2.56. The molecule has 94 valence electrons. The highest BCUT2D eigenvalue weighted by Gasteiger charge is 2.26. The van der Waals surface area contributed by atoms with Crippen LogP contribution < -0.4 is 11.1 Å². The lowest BCUT2D eigenvalue weighted by Gasteiger charge is -2.22. The third kappa shape index (κ3) is 3.86. The average Bonchev–Trinajstić information content (AvgIpc) is 2.30. The summed E-state index contributed by atoms with van der Waals surface area (Å²) in [7, 11) is 0. The predicted molar refractivity (Wildman–Crippen MR) is 71.9 cm³/mol. The van der Waals surface area contributed by atoms with E-state index in [1.165, 1.54) is 5.56 Å². The lowest BCUT2D eigenvalue weighted by atomic mass is 9.88. The van der Waals surface area contributed by atoms with E-state index in [9.17, 15) is 4.79 Å². The SMILES string of the molecule is CCc1ccc(NC(=O)C(C)(C)CCN)cc1. The largest absolute Gasteiger partial charge is 0.330 e. The lowest BCUT2D eigenvalue weighted by Crippen LogP contribution is -2.32. The first-order valence-corrected chi connectivity index (χ1v) is 6.10. The number of hydrogen-bond donors (Lipinski definition) is 2. The van der Waals surface area contributed by atoms with E-state index in [-0.39, 0.29) is 5.91 Å². The minimum atomic E-state index is -0.418. The highest BCUT2D eigenvalue weighted by Crippen LogP contribution is 2.22. The molecule has 3 nitrogen and oxygen atoms in total. The van der Waals surface area contributed by atoms with Crippen molar-refractivity contribution in [3.63, 3.8) is 0 Å². The van der Waals surface area contributed by atoms with Gasteiger partial charge in [0.1, 0.15) is 0 Å². The van der Waals surface area contributed by atoms with E-state index in [1.807, 2.05) is 38.1 Å². The molecule has 17 heavy (non-hydrogen) atoms. The minimum Gasteiger partial charge on any atom is -0.330 e. The van der Waals surface area contributed by atoms with Crippen molar-refractivity contribution in [1.29, 1.82) is 0 Å². The van der Waals surface area contributed by atoms with Crippen molar-refractivity contribution in [3.8, 4) is 0 Å². The molecule has 1 aromatic carbocycles. The van der Waals surface area contributed by atoms with Gasteiger partial charge in [-0.2, -0.15) is 0 Å². The number of aryl methyl sites for hydroxylation is 1. The maximum atomic E-state index is 12.0. The second-order valence-corrected chi connectivity index (χ2v) is 4.93. The Hall–Kier alpha value is -1.35. The molecule has 0 aromatic heterocycles. The molecule has 0 fully saturated rings. The van der Waals surface area contributed by atoms with Gasteiger partial charge in [-0.3, -0.25) is 4.79 Å². The number of amides is 1. The number of anilines is 1. The third-order valence-electron chi connectivity index (χ3n) is 3.00. The molecular formula is C14H22N2O. The van der Waals surface area contributed by atoms with Crippen molar-refractivity contribution in [2.75, 3.05) is 11.9 Å². The van der Waals surface area contributed by atoms with E-state index in [0.29, 0.717) is 13.0 Å². The maximum absolute atomic E-state index is 12.0. The molecule has 3 heteroatoms. The summed E-state index contributed by atoms with van der Waals surface area (Å²) in [5.74, 6) is 0.0206. The average molecular weight is 234 g/mol. The molecule has 3 N–H and O–H groups in total. The highest BCUT2D eigenvalue weighted by molar-refractivity contribution is 5.94. The standard InChI is InChI=1S/C14H22N2O/c1-4-11-5-7-12(8-6-11)16-13(17)14(2,3)9-10-15/h5-8H,4,9-10,15H2,1-3H3,(H,16,17). The summed E-state index contributed by atoms with van der Waals surface area (Å²) in [5.41, 5.74) is 7.20. The van der Waals surface area contributed by atoms with Crippen LogP contribution >= 0.6 is 0 Å². The summed E-state index contributed by atoms with van der Waals surface area (Å²) >= 11 is 0. The van der Waals surface area contributed by atoms with Crippen molar-refractivity contribution in [3.05, 3.63) is 29.8 Å². The van der Waals surface area contributed by atoms with Gasteiger partial charge in [-0.15, -0.1) is 0 Å². The summed E-state index contributed by atoms with van der Waals surface area (Å²) in [6.07, 6.45) is 1.69. The van der Waals surface area contributed by atoms with Crippen LogP contribution in [0.1, 0.15) is 32.8 Å². The number of nitrogens with one attached hydrogen (secondary N) is 1. The molecule has 0 aliphatic carbocycles. The highest BCUT2D eigenvalue weighted by atomic mass is 16.2. The molecule has 0 bridgehead atoms. The zero-order chi connectivity index (χ0) is 12.9. The number of carbonyl (C=O) groups excluding carboxylic acids is 1. The molecule has 0 aliphatic rings. The summed E-state index contributed by atoms with van der Waals surface area (Å²) in [6.45, 7) is 6.46. The molecule has 1 amide bonds. The van der Waals surface area contributed by atoms with E-state index in [1.54, 1.807) is 0 Å². The van der Waals surface area contributed by atoms with Crippen LogP contribution in [0, 0.1) is 5.41 Å². The van der Waals surface area contributed by atoms with Gasteiger partial charge in [0.2, 0.25) is 5.91 Å². The molecule has 0 spiro atoms. The van der Waals surface area contributed by atoms with Gasteiger partial charge in [-0.05, 0) is 37.1 Å². The third-order valence-corrected chi connectivity index (χ3v) is 3.00.